The number of nitrogens with zero attached hydrogens (tertiary/aromatic N) is 3. The summed E-state index contributed by atoms with van der Waals surface area (Å²) in [5, 5.41) is 3.60. The molecule has 0 aliphatic heterocycles. The molecule has 5 heteroatoms. The van der Waals surface area contributed by atoms with Crippen LogP contribution in [0.5, 0.6) is 5.75 Å². The molecule has 0 N–H and O–H groups in total. The fourth-order valence-electron chi connectivity index (χ4n) is 0.965. The molecule has 2 rings (SSSR count). The van der Waals surface area contributed by atoms with Crippen molar-refractivity contribution < 1.29 is 9.26 Å². The Morgan fingerprint density at radius 3 is 2.92 bits per heavy atom. The third-order valence-electron chi connectivity index (χ3n) is 1.55. The van der Waals surface area contributed by atoms with Crippen molar-refractivity contribution in [2.45, 2.75) is 0 Å². The van der Waals surface area contributed by atoms with E-state index in [1.807, 2.05) is 0 Å². The monoisotopic (exact) mass is 177 g/mol. The van der Waals surface area contributed by atoms with Gasteiger partial charge in [-0.15, -0.1) is 0 Å². The van der Waals surface area contributed by atoms with Crippen LogP contribution in [0.3, 0.4) is 0 Å². The lowest BCUT2D eigenvalue weighted by Gasteiger charge is -1.96. The van der Waals surface area contributed by atoms with E-state index in [0.29, 0.717) is 17.2 Å². The van der Waals surface area contributed by atoms with Crippen molar-refractivity contribution in [2.24, 2.45) is 0 Å². The van der Waals surface area contributed by atoms with Gasteiger partial charge in [-0.05, 0) is 0 Å². The maximum Gasteiger partial charge on any atom is 0.228 e. The zero-order chi connectivity index (χ0) is 9.10. The molecule has 0 atom stereocenters. The zero-order valence-corrected chi connectivity index (χ0v) is 6.97. The molecular weight excluding hydrogens is 170 g/mol. The second kappa shape index (κ2) is 3.22. The maximum absolute atomic E-state index is 5.02. The number of rotatable bonds is 2. The molecule has 0 aromatic carbocycles. The van der Waals surface area contributed by atoms with Crippen LogP contribution < -0.4 is 4.74 Å². The average Bonchev–Trinajstić information content (AvgIpc) is 2.67. The first-order valence-corrected chi connectivity index (χ1v) is 3.67. The van der Waals surface area contributed by atoms with Crippen molar-refractivity contribution in [3.8, 4) is 17.2 Å². The molecule has 2 aromatic heterocycles. The van der Waals surface area contributed by atoms with E-state index < -0.39 is 0 Å². The number of hydrogen-bond acceptors (Lipinski definition) is 5. The molecule has 2 aromatic rings. The summed E-state index contributed by atoms with van der Waals surface area (Å²) < 4.78 is 9.98. The minimum atomic E-state index is 0.496. The fourth-order valence-corrected chi connectivity index (χ4v) is 0.965. The minimum Gasteiger partial charge on any atom is -0.491 e. The van der Waals surface area contributed by atoms with Gasteiger partial charge in [-0.2, -0.15) is 0 Å². The van der Waals surface area contributed by atoms with E-state index in [1.165, 1.54) is 6.20 Å². The minimum absolute atomic E-state index is 0.496. The summed E-state index contributed by atoms with van der Waals surface area (Å²) in [6.07, 6.45) is 6.25. The molecule has 0 spiro atoms. The lowest BCUT2D eigenvalue weighted by atomic mass is 10.3. The Bertz CT molecular complexity index is 385. The molecule has 66 valence electrons. The Hall–Kier alpha value is -1.91. The van der Waals surface area contributed by atoms with Crippen LogP contribution in [0.4, 0.5) is 0 Å². The molecule has 0 aliphatic rings. The summed E-state index contributed by atoms with van der Waals surface area (Å²) >= 11 is 0. The van der Waals surface area contributed by atoms with E-state index in [2.05, 4.69) is 15.1 Å². The van der Waals surface area contributed by atoms with Crippen molar-refractivity contribution >= 4 is 0 Å². The van der Waals surface area contributed by atoms with Crippen LogP contribution in [0, 0.1) is 0 Å². The standard InChI is InChI=1S/C8H7N3O2/c1-12-7-5-11-13-8(7)6-4-9-2-3-10-6/h2-5H,1H3. The second-order valence-corrected chi connectivity index (χ2v) is 2.31. The number of ether oxygens (including phenoxy) is 1. The molecule has 0 bridgehead atoms. The number of aromatic nitrogens is 3. The molecular formula is C8H7N3O2. The Labute approximate surface area is 74.4 Å². The van der Waals surface area contributed by atoms with Crippen molar-refractivity contribution in [2.75, 3.05) is 7.11 Å². The Kier molecular flexibility index (Phi) is 1.91. The summed E-state index contributed by atoms with van der Waals surface area (Å²) in [7, 11) is 1.55. The first kappa shape index (κ1) is 7.72. The topological polar surface area (TPSA) is 61.0 Å². The van der Waals surface area contributed by atoms with Gasteiger partial charge in [0.2, 0.25) is 5.76 Å². The lowest BCUT2D eigenvalue weighted by molar-refractivity contribution is 0.399. The Morgan fingerprint density at radius 1 is 1.31 bits per heavy atom. The van der Waals surface area contributed by atoms with Gasteiger partial charge in [0.05, 0.1) is 13.3 Å². The summed E-state index contributed by atoms with van der Waals surface area (Å²) in [5.41, 5.74) is 0.608. The molecule has 0 amide bonds. The van der Waals surface area contributed by atoms with E-state index >= 15 is 0 Å². The summed E-state index contributed by atoms with van der Waals surface area (Å²) in [5.74, 6) is 1.05. The van der Waals surface area contributed by atoms with Crippen LogP contribution in [0.1, 0.15) is 0 Å². The molecule has 5 nitrogen and oxygen atoms in total. The highest BCUT2D eigenvalue weighted by Gasteiger charge is 2.11. The zero-order valence-electron chi connectivity index (χ0n) is 6.97. The van der Waals surface area contributed by atoms with Crippen LogP contribution in [-0.2, 0) is 0 Å². The first-order valence-electron chi connectivity index (χ1n) is 3.67. The van der Waals surface area contributed by atoms with Gasteiger partial charge in [0.1, 0.15) is 11.9 Å². The highest BCUT2D eigenvalue weighted by Crippen LogP contribution is 2.26. The third-order valence-corrected chi connectivity index (χ3v) is 1.55. The predicted octanol–water partition coefficient (Wildman–Crippen LogP) is 1.14. The molecule has 0 saturated carbocycles. The fraction of sp³-hybridized carbons (Fsp3) is 0.125. The average molecular weight is 177 g/mol. The van der Waals surface area contributed by atoms with Gasteiger partial charge in [0.15, 0.2) is 5.75 Å². The lowest BCUT2D eigenvalue weighted by Crippen LogP contribution is -1.86. The van der Waals surface area contributed by atoms with Gasteiger partial charge in [0, 0.05) is 12.4 Å². The number of methoxy groups -OCH3 is 1. The normalized spacial score (nSPS) is 9.92. The highest BCUT2D eigenvalue weighted by molar-refractivity contribution is 5.58. The van der Waals surface area contributed by atoms with E-state index in [-0.39, 0.29) is 0 Å². The predicted molar refractivity (Wildman–Crippen MR) is 44.1 cm³/mol. The van der Waals surface area contributed by atoms with Crippen molar-refractivity contribution in [1.82, 2.24) is 15.1 Å². The SMILES string of the molecule is COc1cnoc1-c1cnccn1. The van der Waals surface area contributed by atoms with Gasteiger partial charge in [-0.3, -0.25) is 4.98 Å². The van der Waals surface area contributed by atoms with E-state index in [0.717, 1.165) is 0 Å². The van der Waals surface area contributed by atoms with Gasteiger partial charge in [0.25, 0.3) is 0 Å². The number of hydrogen-bond donors (Lipinski definition) is 0. The molecule has 13 heavy (non-hydrogen) atoms. The van der Waals surface area contributed by atoms with E-state index in [1.54, 1.807) is 25.7 Å². The first-order chi connectivity index (χ1) is 6.42. The molecule has 0 saturated heterocycles. The Balaban J connectivity index is 2.47. The van der Waals surface area contributed by atoms with Crippen LogP contribution in [0.15, 0.2) is 29.3 Å². The third kappa shape index (κ3) is 1.35. The van der Waals surface area contributed by atoms with Crippen LogP contribution >= 0.6 is 0 Å². The second-order valence-electron chi connectivity index (χ2n) is 2.31. The summed E-state index contributed by atoms with van der Waals surface area (Å²) in [6, 6.07) is 0. The van der Waals surface area contributed by atoms with E-state index in [9.17, 15) is 0 Å². The smallest absolute Gasteiger partial charge is 0.228 e. The van der Waals surface area contributed by atoms with Crippen LogP contribution in [0.25, 0.3) is 11.5 Å². The van der Waals surface area contributed by atoms with Crippen molar-refractivity contribution in [3.63, 3.8) is 0 Å². The van der Waals surface area contributed by atoms with Gasteiger partial charge < -0.3 is 9.26 Å². The molecule has 0 radical (unpaired) electrons. The summed E-state index contributed by atoms with van der Waals surface area (Å²) in [6.45, 7) is 0. The van der Waals surface area contributed by atoms with E-state index in [4.69, 9.17) is 9.26 Å². The summed E-state index contributed by atoms with van der Waals surface area (Å²) in [4.78, 5) is 7.96. The molecule has 0 aliphatic carbocycles. The van der Waals surface area contributed by atoms with Gasteiger partial charge in [-0.25, -0.2) is 4.98 Å². The largest absolute Gasteiger partial charge is 0.491 e. The van der Waals surface area contributed by atoms with Crippen LogP contribution in [-0.4, -0.2) is 22.2 Å². The highest BCUT2D eigenvalue weighted by atomic mass is 16.5. The quantitative estimate of drug-likeness (QED) is 0.688. The Morgan fingerprint density at radius 2 is 2.23 bits per heavy atom. The van der Waals surface area contributed by atoms with Crippen LogP contribution in [0.2, 0.25) is 0 Å². The maximum atomic E-state index is 5.02. The van der Waals surface area contributed by atoms with Crippen molar-refractivity contribution in [1.29, 1.82) is 0 Å². The van der Waals surface area contributed by atoms with Gasteiger partial charge in [-0.1, -0.05) is 5.16 Å². The molecule has 0 unspecified atom stereocenters. The molecule has 2 heterocycles. The van der Waals surface area contributed by atoms with Crippen molar-refractivity contribution in [3.05, 3.63) is 24.8 Å². The molecule has 0 fully saturated rings. The van der Waals surface area contributed by atoms with Gasteiger partial charge >= 0.3 is 0 Å².